The first-order chi connectivity index (χ1) is 11.6. The molecule has 1 fully saturated rings. The average molecular weight is 365 g/mol. The number of hydrogen-bond acceptors (Lipinski definition) is 4. The van der Waals surface area contributed by atoms with Crippen LogP contribution in [0.15, 0.2) is 23.1 Å². The molecule has 25 heavy (non-hydrogen) atoms. The molecule has 1 aromatic carbocycles. The number of anilines is 1. The molecule has 0 saturated carbocycles. The summed E-state index contributed by atoms with van der Waals surface area (Å²) in [6.07, 6.45) is 2.42. The van der Waals surface area contributed by atoms with Gasteiger partial charge in [-0.25, -0.2) is 8.42 Å². The highest BCUT2D eigenvalue weighted by Crippen LogP contribution is 2.34. The molecule has 7 heteroatoms. The van der Waals surface area contributed by atoms with Gasteiger partial charge < -0.3 is 10.6 Å². The van der Waals surface area contributed by atoms with Gasteiger partial charge in [0.25, 0.3) is 0 Å². The van der Waals surface area contributed by atoms with Gasteiger partial charge in [-0.1, -0.05) is 19.9 Å². The van der Waals surface area contributed by atoms with Crippen molar-refractivity contribution in [3.05, 3.63) is 23.8 Å². The highest BCUT2D eigenvalue weighted by molar-refractivity contribution is 7.89. The van der Waals surface area contributed by atoms with E-state index in [-0.39, 0.29) is 22.3 Å². The van der Waals surface area contributed by atoms with Gasteiger partial charge in [0.2, 0.25) is 15.9 Å². The maximum atomic E-state index is 13.1. The number of amides is 1. The van der Waals surface area contributed by atoms with E-state index in [4.69, 9.17) is 5.73 Å². The van der Waals surface area contributed by atoms with Crippen molar-refractivity contribution in [3.8, 4) is 0 Å². The van der Waals surface area contributed by atoms with Crippen LogP contribution in [0.5, 0.6) is 0 Å². The Labute approximate surface area is 150 Å². The van der Waals surface area contributed by atoms with Crippen LogP contribution in [0.4, 0.5) is 5.69 Å². The first-order valence-electron chi connectivity index (χ1n) is 8.80. The zero-order valence-corrected chi connectivity index (χ0v) is 16.0. The molecule has 2 N–H and O–H groups in total. The SMILES string of the molecule is CC(=O)N1CCCc2ccc(S(=O)(=O)N3CCC(N)C(C)(C)C3)cc21. The third-order valence-corrected chi connectivity index (χ3v) is 7.31. The molecule has 1 amide bonds. The van der Waals surface area contributed by atoms with Gasteiger partial charge in [0.15, 0.2) is 0 Å². The molecule has 0 aliphatic carbocycles. The molecule has 0 radical (unpaired) electrons. The quantitative estimate of drug-likeness (QED) is 0.865. The number of carbonyl (C=O) groups excluding carboxylic acids is 1. The smallest absolute Gasteiger partial charge is 0.243 e. The summed E-state index contributed by atoms with van der Waals surface area (Å²) >= 11 is 0. The van der Waals surface area contributed by atoms with E-state index < -0.39 is 10.0 Å². The van der Waals surface area contributed by atoms with Gasteiger partial charge in [-0.2, -0.15) is 4.31 Å². The number of aryl methyl sites for hydroxylation is 1. The number of fused-ring (bicyclic) bond motifs is 1. The Balaban J connectivity index is 1.96. The van der Waals surface area contributed by atoms with Gasteiger partial charge in [-0.3, -0.25) is 4.79 Å². The Hall–Kier alpha value is -1.44. The molecule has 1 aromatic rings. The highest BCUT2D eigenvalue weighted by Gasteiger charge is 2.39. The molecule has 2 heterocycles. The van der Waals surface area contributed by atoms with Crippen molar-refractivity contribution in [1.82, 2.24) is 4.31 Å². The van der Waals surface area contributed by atoms with Gasteiger partial charge in [-0.15, -0.1) is 0 Å². The van der Waals surface area contributed by atoms with Crippen molar-refractivity contribution in [2.45, 2.75) is 51.0 Å². The summed E-state index contributed by atoms with van der Waals surface area (Å²) in [5, 5.41) is 0. The Morgan fingerprint density at radius 1 is 1.28 bits per heavy atom. The monoisotopic (exact) mass is 365 g/mol. The Bertz CT molecular complexity index is 789. The van der Waals surface area contributed by atoms with E-state index in [1.807, 2.05) is 19.9 Å². The van der Waals surface area contributed by atoms with Crippen LogP contribution in [0.3, 0.4) is 0 Å². The molecule has 0 bridgehead atoms. The number of piperidine rings is 1. The third-order valence-electron chi connectivity index (χ3n) is 5.47. The van der Waals surface area contributed by atoms with E-state index in [1.54, 1.807) is 17.0 Å². The fraction of sp³-hybridized carbons (Fsp3) is 0.611. The van der Waals surface area contributed by atoms with Crippen molar-refractivity contribution in [1.29, 1.82) is 0 Å². The third kappa shape index (κ3) is 3.32. The van der Waals surface area contributed by atoms with Gasteiger partial charge >= 0.3 is 0 Å². The number of nitrogens with zero attached hydrogens (tertiary/aromatic N) is 2. The van der Waals surface area contributed by atoms with E-state index in [2.05, 4.69) is 0 Å². The number of rotatable bonds is 2. The standard InChI is InChI=1S/C18H27N3O3S/c1-13(22)21-9-4-5-14-6-7-15(11-16(14)21)25(23,24)20-10-8-17(19)18(2,3)12-20/h6-7,11,17H,4-5,8-10,12,19H2,1-3H3. The first-order valence-corrected chi connectivity index (χ1v) is 10.2. The molecule has 2 aliphatic heterocycles. The van der Waals surface area contributed by atoms with E-state index >= 15 is 0 Å². The van der Waals surface area contributed by atoms with Crippen molar-refractivity contribution in [2.75, 3.05) is 24.5 Å². The summed E-state index contributed by atoms with van der Waals surface area (Å²) in [6, 6.07) is 5.17. The minimum absolute atomic E-state index is 0.00399. The number of sulfonamides is 1. The second-order valence-electron chi connectivity index (χ2n) is 7.79. The van der Waals surface area contributed by atoms with E-state index in [0.717, 1.165) is 24.1 Å². The predicted molar refractivity (Wildman–Crippen MR) is 97.9 cm³/mol. The summed E-state index contributed by atoms with van der Waals surface area (Å²) in [4.78, 5) is 13.8. The van der Waals surface area contributed by atoms with E-state index in [0.29, 0.717) is 26.1 Å². The molecular weight excluding hydrogens is 338 g/mol. The second-order valence-corrected chi connectivity index (χ2v) is 9.73. The van der Waals surface area contributed by atoms with Crippen molar-refractivity contribution in [3.63, 3.8) is 0 Å². The minimum atomic E-state index is -3.60. The Kier molecular flexibility index (Phi) is 4.68. The van der Waals surface area contributed by atoms with Gasteiger partial charge in [0.05, 0.1) is 4.90 Å². The molecule has 0 spiro atoms. The van der Waals surface area contributed by atoms with Crippen LogP contribution in [0.25, 0.3) is 0 Å². The Morgan fingerprint density at radius 2 is 2.00 bits per heavy atom. The number of carbonyl (C=O) groups is 1. The average Bonchev–Trinajstić information content (AvgIpc) is 2.55. The van der Waals surface area contributed by atoms with Crippen LogP contribution in [-0.4, -0.2) is 44.3 Å². The lowest BCUT2D eigenvalue weighted by Gasteiger charge is -2.41. The maximum Gasteiger partial charge on any atom is 0.243 e. The highest BCUT2D eigenvalue weighted by atomic mass is 32.2. The van der Waals surface area contributed by atoms with Gasteiger partial charge in [0, 0.05) is 38.3 Å². The van der Waals surface area contributed by atoms with Crippen LogP contribution in [0, 0.1) is 5.41 Å². The van der Waals surface area contributed by atoms with Crippen molar-refractivity contribution >= 4 is 21.6 Å². The van der Waals surface area contributed by atoms with Crippen molar-refractivity contribution in [2.24, 2.45) is 11.1 Å². The molecule has 0 aromatic heterocycles. The maximum absolute atomic E-state index is 13.1. The summed E-state index contributed by atoms with van der Waals surface area (Å²) in [7, 11) is -3.60. The molecule has 2 aliphatic rings. The summed E-state index contributed by atoms with van der Waals surface area (Å²) < 4.78 is 27.8. The Morgan fingerprint density at radius 3 is 2.64 bits per heavy atom. The zero-order chi connectivity index (χ0) is 18.4. The molecular formula is C18H27N3O3S. The second kappa shape index (κ2) is 6.37. The molecule has 1 saturated heterocycles. The summed E-state index contributed by atoms with van der Waals surface area (Å²) in [5.74, 6) is -0.0550. The van der Waals surface area contributed by atoms with Crippen LogP contribution < -0.4 is 10.6 Å². The predicted octanol–water partition coefficient (Wildman–Crippen LogP) is 1.73. The lowest BCUT2D eigenvalue weighted by atomic mass is 9.81. The van der Waals surface area contributed by atoms with E-state index in [1.165, 1.54) is 11.2 Å². The molecule has 1 unspecified atom stereocenters. The van der Waals surface area contributed by atoms with Gasteiger partial charge in [-0.05, 0) is 42.4 Å². The fourth-order valence-corrected chi connectivity index (χ4v) is 5.37. The number of benzene rings is 1. The first kappa shape index (κ1) is 18.4. The lowest BCUT2D eigenvalue weighted by molar-refractivity contribution is -0.116. The fourth-order valence-electron chi connectivity index (χ4n) is 3.72. The van der Waals surface area contributed by atoms with Crippen LogP contribution in [-0.2, 0) is 21.2 Å². The molecule has 1 atom stereocenters. The topological polar surface area (TPSA) is 83.7 Å². The number of hydrogen-bond donors (Lipinski definition) is 1. The van der Waals surface area contributed by atoms with Crippen molar-refractivity contribution < 1.29 is 13.2 Å². The number of nitrogens with two attached hydrogens (primary N) is 1. The molecule has 6 nitrogen and oxygen atoms in total. The summed E-state index contributed by atoms with van der Waals surface area (Å²) in [5.41, 5.74) is 7.63. The lowest BCUT2D eigenvalue weighted by Crippen LogP contribution is -2.53. The molecule has 138 valence electrons. The normalized spacial score (nSPS) is 24.0. The zero-order valence-electron chi connectivity index (χ0n) is 15.2. The van der Waals surface area contributed by atoms with Crippen LogP contribution in [0.2, 0.25) is 0 Å². The largest absolute Gasteiger partial charge is 0.327 e. The van der Waals surface area contributed by atoms with E-state index in [9.17, 15) is 13.2 Å². The molecule has 3 rings (SSSR count). The summed E-state index contributed by atoms with van der Waals surface area (Å²) in [6.45, 7) is 7.00. The minimum Gasteiger partial charge on any atom is -0.327 e. The van der Waals surface area contributed by atoms with Crippen LogP contribution >= 0.6 is 0 Å². The van der Waals surface area contributed by atoms with Crippen LogP contribution in [0.1, 0.15) is 39.2 Å². The van der Waals surface area contributed by atoms with Gasteiger partial charge in [0.1, 0.15) is 0 Å².